The lowest BCUT2D eigenvalue weighted by Crippen LogP contribution is -2.51. The van der Waals surface area contributed by atoms with Crippen LogP contribution in [0.25, 0.3) is 0 Å². The van der Waals surface area contributed by atoms with Crippen LogP contribution < -0.4 is 5.32 Å². The van der Waals surface area contributed by atoms with Crippen molar-refractivity contribution in [2.75, 3.05) is 32.7 Å². The van der Waals surface area contributed by atoms with Crippen LogP contribution in [-0.4, -0.2) is 54.3 Å². The zero-order valence-electron chi connectivity index (χ0n) is 16.5. The lowest BCUT2D eigenvalue weighted by molar-refractivity contribution is -0.123. The molecule has 28 heavy (non-hydrogen) atoms. The number of aryl methyl sites for hydroxylation is 2. The number of furan rings is 1. The van der Waals surface area contributed by atoms with Crippen molar-refractivity contribution in [3.63, 3.8) is 0 Å². The van der Waals surface area contributed by atoms with Crippen LogP contribution in [0.3, 0.4) is 0 Å². The number of hydrogen-bond donors (Lipinski definition) is 1. The fraction of sp³-hybridized carbons (Fsp3) is 0.429. The second-order valence-corrected chi connectivity index (χ2v) is 7.61. The van der Waals surface area contributed by atoms with Crippen LogP contribution in [0.2, 0.25) is 5.02 Å². The maximum atomic E-state index is 12.7. The second kappa shape index (κ2) is 8.80. The third-order valence-corrected chi connectivity index (χ3v) is 5.39. The number of piperazine rings is 1. The molecule has 1 aromatic heterocycles. The van der Waals surface area contributed by atoms with Gasteiger partial charge in [0.15, 0.2) is 0 Å². The quantitative estimate of drug-likeness (QED) is 0.832. The Morgan fingerprint density at radius 3 is 2.46 bits per heavy atom. The summed E-state index contributed by atoms with van der Waals surface area (Å²) >= 11 is 6.20. The summed E-state index contributed by atoms with van der Waals surface area (Å²) in [4.78, 5) is 28.9. The van der Waals surface area contributed by atoms with Crippen LogP contribution in [-0.2, 0) is 4.79 Å². The molecule has 2 heterocycles. The zero-order valence-corrected chi connectivity index (χ0v) is 17.3. The highest BCUT2D eigenvalue weighted by Crippen LogP contribution is 2.22. The number of carbonyl (C=O) groups is 2. The standard InChI is InChI=1S/C21H26ClN3O3/c1-14-12-18(16(3)28-14)21(27)25-10-8-24(9-11-25)13-20(26)23-15(2)17-6-4-5-7-19(17)22/h4-7,12,15H,8-11,13H2,1-3H3,(H,23,26). The Morgan fingerprint density at radius 1 is 1.18 bits per heavy atom. The minimum Gasteiger partial charge on any atom is -0.466 e. The van der Waals surface area contributed by atoms with Gasteiger partial charge in [-0.2, -0.15) is 0 Å². The van der Waals surface area contributed by atoms with Gasteiger partial charge in [-0.15, -0.1) is 0 Å². The number of nitrogens with zero attached hydrogens (tertiary/aromatic N) is 2. The number of halogens is 1. The molecule has 1 aromatic carbocycles. The topological polar surface area (TPSA) is 65.8 Å². The van der Waals surface area contributed by atoms with E-state index in [2.05, 4.69) is 10.2 Å². The van der Waals surface area contributed by atoms with Crippen molar-refractivity contribution >= 4 is 23.4 Å². The monoisotopic (exact) mass is 403 g/mol. The summed E-state index contributed by atoms with van der Waals surface area (Å²) in [6, 6.07) is 9.14. The Kier molecular flexibility index (Phi) is 6.42. The summed E-state index contributed by atoms with van der Waals surface area (Å²) in [6.07, 6.45) is 0. The van der Waals surface area contributed by atoms with Crippen molar-refractivity contribution in [3.05, 3.63) is 58.0 Å². The molecule has 1 aliphatic rings. The molecule has 0 radical (unpaired) electrons. The summed E-state index contributed by atoms with van der Waals surface area (Å²) in [7, 11) is 0. The summed E-state index contributed by atoms with van der Waals surface area (Å²) in [5.41, 5.74) is 1.52. The van der Waals surface area contributed by atoms with Gasteiger partial charge < -0.3 is 14.6 Å². The van der Waals surface area contributed by atoms with E-state index >= 15 is 0 Å². The molecule has 1 aliphatic heterocycles. The molecule has 7 heteroatoms. The average molecular weight is 404 g/mol. The lowest BCUT2D eigenvalue weighted by Gasteiger charge is -2.34. The lowest BCUT2D eigenvalue weighted by atomic mass is 10.1. The molecule has 0 spiro atoms. The molecule has 0 bridgehead atoms. The predicted octanol–water partition coefficient (Wildman–Crippen LogP) is 3.19. The molecule has 0 aliphatic carbocycles. The fourth-order valence-electron chi connectivity index (χ4n) is 3.52. The largest absolute Gasteiger partial charge is 0.466 e. The van der Waals surface area contributed by atoms with Crippen LogP contribution in [0.4, 0.5) is 0 Å². The number of amides is 2. The second-order valence-electron chi connectivity index (χ2n) is 7.21. The zero-order chi connectivity index (χ0) is 20.3. The van der Waals surface area contributed by atoms with Crippen molar-refractivity contribution in [1.82, 2.24) is 15.1 Å². The number of benzene rings is 1. The van der Waals surface area contributed by atoms with Gasteiger partial charge in [0.05, 0.1) is 18.2 Å². The van der Waals surface area contributed by atoms with E-state index in [1.165, 1.54) is 0 Å². The highest BCUT2D eigenvalue weighted by molar-refractivity contribution is 6.31. The number of nitrogens with one attached hydrogen (secondary N) is 1. The van der Waals surface area contributed by atoms with E-state index in [0.29, 0.717) is 49.1 Å². The Hall–Kier alpha value is -2.31. The molecule has 3 rings (SSSR count). The van der Waals surface area contributed by atoms with E-state index < -0.39 is 0 Å². The number of hydrogen-bond acceptors (Lipinski definition) is 4. The van der Waals surface area contributed by atoms with Crippen molar-refractivity contribution in [2.24, 2.45) is 0 Å². The maximum Gasteiger partial charge on any atom is 0.257 e. The van der Waals surface area contributed by atoms with E-state index in [0.717, 1.165) is 11.3 Å². The Labute approximate surface area is 170 Å². The van der Waals surface area contributed by atoms with E-state index in [-0.39, 0.29) is 17.9 Å². The van der Waals surface area contributed by atoms with Crippen molar-refractivity contribution < 1.29 is 14.0 Å². The normalized spacial score (nSPS) is 16.1. The Morgan fingerprint density at radius 2 is 1.86 bits per heavy atom. The molecule has 1 saturated heterocycles. The SMILES string of the molecule is Cc1cc(C(=O)N2CCN(CC(=O)NC(C)c3ccccc3Cl)CC2)c(C)o1. The molecule has 1 atom stereocenters. The van der Waals surface area contributed by atoms with Crippen molar-refractivity contribution in [1.29, 1.82) is 0 Å². The van der Waals surface area contributed by atoms with Gasteiger partial charge >= 0.3 is 0 Å². The fourth-order valence-corrected chi connectivity index (χ4v) is 3.82. The van der Waals surface area contributed by atoms with Crippen molar-refractivity contribution in [2.45, 2.75) is 26.8 Å². The first-order chi connectivity index (χ1) is 13.3. The third-order valence-electron chi connectivity index (χ3n) is 5.05. The van der Waals surface area contributed by atoms with Gasteiger partial charge in [-0.25, -0.2) is 0 Å². The van der Waals surface area contributed by atoms with Gasteiger partial charge in [-0.1, -0.05) is 29.8 Å². The minimum absolute atomic E-state index is 0.00852. The first kappa shape index (κ1) is 20.4. The Balaban J connectivity index is 1.49. The molecule has 1 fully saturated rings. The van der Waals surface area contributed by atoms with Crippen LogP contribution in [0.5, 0.6) is 0 Å². The summed E-state index contributed by atoms with van der Waals surface area (Å²) in [6.45, 7) is 8.38. The number of carbonyl (C=O) groups excluding carboxylic acids is 2. The van der Waals surface area contributed by atoms with Crippen LogP contribution in [0, 0.1) is 13.8 Å². The Bertz CT molecular complexity index is 856. The van der Waals surface area contributed by atoms with E-state index in [1.807, 2.05) is 43.0 Å². The molecule has 0 saturated carbocycles. The molecule has 2 amide bonds. The van der Waals surface area contributed by atoms with Gasteiger partial charge in [0.2, 0.25) is 5.91 Å². The average Bonchev–Trinajstić information content (AvgIpc) is 3.00. The molecule has 2 aromatic rings. The van der Waals surface area contributed by atoms with E-state index in [9.17, 15) is 9.59 Å². The van der Waals surface area contributed by atoms with Crippen molar-refractivity contribution in [3.8, 4) is 0 Å². The van der Waals surface area contributed by atoms with Gasteiger partial charge in [-0.05, 0) is 38.5 Å². The molecule has 150 valence electrons. The van der Waals surface area contributed by atoms with Gasteiger partial charge in [0.1, 0.15) is 11.5 Å². The van der Waals surface area contributed by atoms with Crippen LogP contribution in [0.15, 0.2) is 34.7 Å². The molecular formula is C21H26ClN3O3. The maximum absolute atomic E-state index is 12.7. The smallest absolute Gasteiger partial charge is 0.257 e. The predicted molar refractivity (Wildman–Crippen MR) is 109 cm³/mol. The highest BCUT2D eigenvalue weighted by Gasteiger charge is 2.26. The molecule has 6 nitrogen and oxygen atoms in total. The first-order valence-electron chi connectivity index (χ1n) is 9.47. The van der Waals surface area contributed by atoms with Crippen LogP contribution in [0.1, 0.15) is 40.4 Å². The number of rotatable bonds is 5. The van der Waals surface area contributed by atoms with Gasteiger partial charge in [-0.3, -0.25) is 14.5 Å². The summed E-state index contributed by atoms with van der Waals surface area (Å²) < 4.78 is 5.46. The summed E-state index contributed by atoms with van der Waals surface area (Å²) in [5.74, 6) is 1.33. The molecule has 1 unspecified atom stereocenters. The highest BCUT2D eigenvalue weighted by atomic mass is 35.5. The first-order valence-corrected chi connectivity index (χ1v) is 9.85. The third kappa shape index (κ3) is 4.75. The minimum atomic E-state index is -0.156. The van der Waals surface area contributed by atoms with Crippen LogP contribution >= 0.6 is 11.6 Å². The van der Waals surface area contributed by atoms with E-state index in [4.69, 9.17) is 16.0 Å². The summed E-state index contributed by atoms with van der Waals surface area (Å²) in [5, 5.41) is 3.64. The van der Waals surface area contributed by atoms with Gasteiger partial charge in [0, 0.05) is 31.2 Å². The molecule has 1 N–H and O–H groups in total. The van der Waals surface area contributed by atoms with E-state index in [1.54, 1.807) is 13.0 Å². The molecular weight excluding hydrogens is 378 g/mol. The van der Waals surface area contributed by atoms with Gasteiger partial charge in [0.25, 0.3) is 5.91 Å².